The van der Waals surface area contributed by atoms with Crippen LogP contribution in [0.3, 0.4) is 0 Å². The molecule has 0 radical (unpaired) electrons. The summed E-state index contributed by atoms with van der Waals surface area (Å²) in [4.78, 5) is 42.5. The van der Waals surface area contributed by atoms with Gasteiger partial charge in [0.15, 0.2) is 0 Å². The van der Waals surface area contributed by atoms with Crippen molar-refractivity contribution in [3.8, 4) is 0 Å². The van der Waals surface area contributed by atoms with Gasteiger partial charge >= 0.3 is 12.0 Å². The molecule has 1 aromatic carbocycles. The SMILES string of the molecule is CCOC(=O)CN1CC(=O)N(Cc2nc3cc(Cl)ccc3s2)C1=O. The molecule has 1 aliphatic heterocycles. The van der Waals surface area contributed by atoms with Crippen molar-refractivity contribution in [1.29, 1.82) is 0 Å². The second-order valence-electron chi connectivity index (χ2n) is 5.14. The van der Waals surface area contributed by atoms with Crippen LogP contribution in [0.15, 0.2) is 18.2 Å². The van der Waals surface area contributed by atoms with Gasteiger partial charge in [-0.25, -0.2) is 9.78 Å². The number of imide groups is 1. The number of ether oxygens (including phenoxy) is 1. The number of hydrogen-bond donors (Lipinski definition) is 0. The van der Waals surface area contributed by atoms with Crippen LogP contribution in [0, 0.1) is 0 Å². The third-order valence-corrected chi connectivity index (χ3v) is 4.70. The summed E-state index contributed by atoms with van der Waals surface area (Å²) < 4.78 is 5.73. The van der Waals surface area contributed by atoms with Crippen LogP contribution in [0.2, 0.25) is 5.02 Å². The van der Waals surface area contributed by atoms with Crippen molar-refractivity contribution in [1.82, 2.24) is 14.8 Å². The average molecular weight is 368 g/mol. The van der Waals surface area contributed by atoms with Crippen LogP contribution in [-0.2, 0) is 20.9 Å². The predicted molar refractivity (Wildman–Crippen MR) is 88.8 cm³/mol. The Balaban J connectivity index is 1.73. The Morgan fingerprint density at radius 2 is 2.21 bits per heavy atom. The molecule has 3 rings (SSSR count). The van der Waals surface area contributed by atoms with Gasteiger partial charge in [-0.1, -0.05) is 11.6 Å². The van der Waals surface area contributed by atoms with Crippen LogP contribution < -0.4 is 0 Å². The molecule has 3 amide bonds. The maximum absolute atomic E-state index is 12.3. The minimum atomic E-state index is -0.532. The molecule has 1 aliphatic rings. The van der Waals surface area contributed by atoms with Crippen molar-refractivity contribution in [3.63, 3.8) is 0 Å². The van der Waals surface area contributed by atoms with Crippen molar-refractivity contribution in [2.24, 2.45) is 0 Å². The normalized spacial score (nSPS) is 14.8. The lowest BCUT2D eigenvalue weighted by Gasteiger charge is -2.15. The van der Waals surface area contributed by atoms with E-state index in [-0.39, 0.29) is 32.1 Å². The summed E-state index contributed by atoms with van der Waals surface area (Å²) in [5.74, 6) is -0.892. The molecule has 1 aromatic heterocycles. The van der Waals surface area contributed by atoms with Crippen molar-refractivity contribution >= 4 is 51.1 Å². The predicted octanol–water partition coefficient (Wildman–Crippen LogP) is 2.28. The molecule has 1 saturated heterocycles. The molecule has 0 atom stereocenters. The Bertz CT molecular complexity index is 822. The molecule has 24 heavy (non-hydrogen) atoms. The van der Waals surface area contributed by atoms with Crippen LogP contribution in [-0.4, -0.2) is 52.4 Å². The summed E-state index contributed by atoms with van der Waals surface area (Å²) >= 11 is 7.33. The van der Waals surface area contributed by atoms with Crippen molar-refractivity contribution < 1.29 is 19.1 Å². The van der Waals surface area contributed by atoms with Crippen LogP contribution in [0.5, 0.6) is 0 Å². The summed E-state index contributed by atoms with van der Waals surface area (Å²) in [7, 11) is 0. The van der Waals surface area contributed by atoms with Gasteiger partial charge in [0.05, 0.1) is 23.4 Å². The van der Waals surface area contributed by atoms with Crippen molar-refractivity contribution in [3.05, 3.63) is 28.2 Å². The zero-order valence-electron chi connectivity index (χ0n) is 12.8. The maximum atomic E-state index is 12.3. The number of carbonyl (C=O) groups excluding carboxylic acids is 3. The van der Waals surface area contributed by atoms with Gasteiger partial charge in [-0.15, -0.1) is 11.3 Å². The van der Waals surface area contributed by atoms with E-state index in [4.69, 9.17) is 16.3 Å². The Labute approximate surface area is 146 Å². The first-order valence-corrected chi connectivity index (χ1v) is 8.47. The summed E-state index contributed by atoms with van der Waals surface area (Å²) in [5.41, 5.74) is 0.727. The minimum absolute atomic E-state index is 0.0773. The Morgan fingerprint density at radius 3 is 2.96 bits per heavy atom. The van der Waals surface area contributed by atoms with Crippen LogP contribution in [0.4, 0.5) is 4.79 Å². The number of fused-ring (bicyclic) bond motifs is 1. The third kappa shape index (κ3) is 3.34. The van der Waals surface area contributed by atoms with E-state index in [1.165, 1.54) is 16.2 Å². The highest BCUT2D eigenvalue weighted by atomic mass is 35.5. The first-order valence-electron chi connectivity index (χ1n) is 7.27. The Morgan fingerprint density at radius 1 is 1.42 bits per heavy atom. The molecule has 0 aliphatic carbocycles. The highest BCUT2D eigenvalue weighted by Gasteiger charge is 2.37. The summed E-state index contributed by atoms with van der Waals surface area (Å²) in [6.07, 6.45) is 0. The molecule has 9 heteroatoms. The largest absolute Gasteiger partial charge is 0.465 e. The lowest BCUT2D eigenvalue weighted by molar-refractivity contribution is -0.143. The van der Waals surface area contributed by atoms with E-state index in [0.29, 0.717) is 10.0 Å². The number of benzene rings is 1. The number of halogens is 1. The molecule has 0 unspecified atom stereocenters. The number of nitrogens with zero attached hydrogens (tertiary/aromatic N) is 3. The second kappa shape index (κ2) is 6.74. The number of hydrogen-bond acceptors (Lipinski definition) is 6. The van der Waals surface area contributed by atoms with Crippen molar-refractivity contribution in [2.75, 3.05) is 19.7 Å². The Kier molecular flexibility index (Phi) is 4.68. The smallest absolute Gasteiger partial charge is 0.328 e. The van der Waals surface area contributed by atoms with Crippen LogP contribution in [0.1, 0.15) is 11.9 Å². The van der Waals surface area contributed by atoms with E-state index in [2.05, 4.69) is 4.98 Å². The molecule has 2 aromatic rings. The number of urea groups is 1. The molecular formula is C15H14ClN3O4S. The van der Waals surface area contributed by atoms with Gasteiger partial charge in [0.25, 0.3) is 5.91 Å². The van der Waals surface area contributed by atoms with Gasteiger partial charge in [0.2, 0.25) is 0 Å². The summed E-state index contributed by atoms with van der Waals surface area (Å²) in [5, 5.41) is 1.21. The van der Waals surface area contributed by atoms with Gasteiger partial charge in [0, 0.05) is 5.02 Å². The van der Waals surface area contributed by atoms with Gasteiger partial charge in [-0.3, -0.25) is 14.5 Å². The molecule has 0 N–H and O–H groups in total. The van der Waals surface area contributed by atoms with E-state index < -0.39 is 12.0 Å². The van der Waals surface area contributed by atoms with Gasteiger partial charge < -0.3 is 9.64 Å². The van der Waals surface area contributed by atoms with E-state index in [9.17, 15) is 14.4 Å². The molecule has 2 heterocycles. The first kappa shape index (κ1) is 16.7. The zero-order valence-corrected chi connectivity index (χ0v) is 14.4. The molecule has 7 nitrogen and oxygen atoms in total. The van der Waals surface area contributed by atoms with Gasteiger partial charge in [0.1, 0.15) is 18.1 Å². The second-order valence-corrected chi connectivity index (χ2v) is 6.69. The average Bonchev–Trinajstić information content (AvgIpc) is 3.03. The number of amides is 3. The number of thiazole rings is 1. The minimum Gasteiger partial charge on any atom is -0.465 e. The lowest BCUT2D eigenvalue weighted by Crippen LogP contribution is -2.36. The summed E-state index contributed by atoms with van der Waals surface area (Å²) in [6, 6.07) is 4.83. The fourth-order valence-corrected chi connectivity index (χ4v) is 3.49. The molecular weight excluding hydrogens is 354 g/mol. The fourth-order valence-electron chi connectivity index (χ4n) is 2.39. The number of aromatic nitrogens is 1. The van der Waals surface area contributed by atoms with E-state index >= 15 is 0 Å². The monoisotopic (exact) mass is 367 g/mol. The molecule has 1 fully saturated rings. The number of rotatable bonds is 5. The van der Waals surface area contributed by atoms with Crippen LogP contribution in [0.25, 0.3) is 10.2 Å². The summed E-state index contributed by atoms with van der Waals surface area (Å²) in [6.45, 7) is 1.63. The Hall–Kier alpha value is -2.19. The zero-order chi connectivity index (χ0) is 17.3. The van der Waals surface area contributed by atoms with Crippen molar-refractivity contribution in [2.45, 2.75) is 13.5 Å². The first-order chi connectivity index (χ1) is 11.5. The molecule has 0 bridgehead atoms. The quantitative estimate of drug-likeness (QED) is 0.598. The standard InChI is InChI=1S/C15H14ClN3O4S/c1-2-23-14(21)8-18-7-13(20)19(15(18)22)6-12-17-10-5-9(16)3-4-11(10)24-12/h3-5H,2,6-8H2,1H3. The fraction of sp³-hybridized carbons (Fsp3) is 0.333. The molecule has 0 spiro atoms. The number of esters is 1. The number of carbonyl (C=O) groups is 3. The van der Waals surface area contributed by atoms with E-state index in [1.807, 2.05) is 6.07 Å². The van der Waals surface area contributed by atoms with Gasteiger partial charge in [-0.05, 0) is 25.1 Å². The lowest BCUT2D eigenvalue weighted by atomic mass is 10.3. The topological polar surface area (TPSA) is 79.8 Å². The molecule has 0 saturated carbocycles. The van der Waals surface area contributed by atoms with Gasteiger partial charge in [-0.2, -0.15) is 0 Å². The highest BCUT2D eigenvalue weighted by molar-refractivity contribution is 7.18. The van der Waals surface area contributed by atoms with E-state index in [0.717, 1.165) is 15.1 Å². The maximum Gasteiger partial charge on any atom is 0.328 e. The van der Waals surface area contributed by atoms with Crippen LogP contribution >= 0.6 is 22.9 Å². The molecule has 126 valence electrons. The highest BCUT2D eigenvalue weighted by Crippen LogP contribution is 2.26. The van der Waals surface area contributed by atoms with E-state index in [1.54, 1.807) is 19.1 Å². The third-order valence-electron chi connectivity index (χ3n) is 3.44.